The number of aryl methyl sites for hydroxylation is 1. The second kappa shape index (κ2) is 12.1. The van der Waals surface area contributed by atoms with Crippen molar-refractivity contribution in [3.63, 3.8) is 0 Å². The normalized spacial score (nSPS) is 19.5. The summed E-state index contributed by atoms with van der Waals surface area (Å²) in [6.45, 7) is 5.32. The molecule has 10 nitrogen and oxygen atoms in total. The lowest BCUT2D eigenvalue weighted by Gasteiger charge is -2.40. The molecule has 0 radical (unpaired) electrons. The van der Waals surface area contributed by atoms with Crippen LogP contribution in [0.1, 0.15) is 72.2 Å². The summed E-state index contributed by atoms with van der Waals surface area (Å²) in [7, 11) is -4.13. The van der Waals surface area contributed by atoms with E-state index < -0.39 is 21.8 Å². The maximum absolute atomic E-state index is 12.3. The first-order valence-electron chi connectivity index (χ1n) is 13.9. The molecule has 1 saturated heterocycles. The van der Waals surface area contributed by atoms with Crippen molar-refractivity contribution < 1.29 is 27.0 Å². The molecule has 1 aromatic carbocycles. The molecule has 40 heavy (non-hydrogen) atoms. The lowest BCUT2D eigenvalue weighted by atomic mass is 9.96. The Bertz CT molecular complexity index is 1430. The molecule has 1 saturated carbocycles. The van der Waals surface area contributed by atoms with E-state index in [0.29, 0.717) is 18.1 Å². The number of ether oxygens (including phenoxy) is 1. The predicted octanol–water partition coefficient (Wildman–Crippen LogP) is 4.50. The second-order valence-corrected chi connectivity index (χ2v) is 12.2. The molecule has 1 aliphatic carbocycles. The molecule has 2 N–H and O–H groups in total. The van der Waals surface area contributed by atoms with Crippen LogP contribution in [0.2, 0.25) is 0 Å². The van der Waals surface area contributed by atoms with Gasteiger partial charge in [-0.2, -0.15) is 8.42 Å². The zero-order valence-electron chi connectivity index (χ0n) is 22.9. The molecule has 2 fully saturated rings. The van der Waals surface area contributed by atoms with Crippen molar-refractivity contribution in [1.29, 1.82) is 0 Å². The van der Waals surface area contributed by atoms with Gasteiger partial charge in [0.2, 0.25) is 0 Å². The van der Waals surface area contributed by atoms with E-state index in [1.165, 1.54) is 6.20 Å². The monoisotopic (exact) mass is 568 g/mol. The number of hydrogen-bond donors (Lipinski definition) is 2. The van der Waals surface area contributed by atoms with E-state index in [9.17, 15) is 13.2 Å². The van der Waals surface area contributed by atoms with Crippen LogP contribution in [0.5, 0.6) is 0 Å². The molecule has 11 heteroatoms. The van der Waals surface area contributed by atoms with Crippen LogP contribution in [0.4, 0.5) is 5.82 Å². The first kappa shape index (κ1) is 28.3. The third-order valence-corrected chi connectivity index (χ3v) is 8.44. The third-order valence-electron chi connectivity index (χ3n) is 7.72. The van der Waals surface area contributed by atoms with Gasteiger partial charge in [-0.25, -0.2) is 4.98 Å². The molecule has 1 aliphatic heterocycles. The highest BCUT2D eigenvalue weighted by Gasteiger charge is 2.34. The molecule has 0 bridgehead atoms. The van der Waals surface area contributed by atoms with E-state index >= 15 is 0 Å². The van der Waals surface area contributed by atoms with Crippen LogP contribution >= 0.6 is 0 Å². The van der Waals surface area contributed by atoms with E-state index in [0.717, 1.165) is 72.6 Å². The van der Waals surface area contributed by atoms with E-state index in [1.807, 2.05) is 18.2 Å². The van der Waals surface area contributed by atoms with Crippen LogP contribution in [-0.4, -0.2) is 60.0 Å². The summed E-state index contributed by atoms with van der Waals surface area (Å²) in [6.07, 6.45) is 6.48. The Balaban J connectivity index is 1.21. The highest BCUT2D eigenvalue weighted by atomic mass is 32.2. The number of rotatable bonds is 11. The molecule has 0 unspecified atom stereocenters. The van der Waals surface area contributed by atoms with Gasteiger partial charge in [-0.05, 0) is 56.7 Å². The Morgan fingerprint density at radius 3 is 2.67 bits per heavy atom. The van der Waals surface area contributed by atoms with Crippen molar-refractivity contribution >= 4 is 21.8 Å². The van der Waals surface area contributed by atoms with Gasteiger partial charge in [0.15, 0.2) is 0 Å². The number of piperidine rings is 1. The number of amides is 1. The van der Waals surface area contributed by atoms with Gasteiger partial charge >= 0.3 is 0 Å². The summed E-state index contributed by atoms with van der Waals surface area (Å²) in [4.78, 5) is 19.1. The molecule has 5 rings (SSSR count). The quantitative estimate of drug-likeness (QED) is 0.321. The molecule has 3 aromatic rings. The lowest BCUT2D eigenvalue weighted by Crippen LogP contribution is -2.45. The summed E-state index contributed by atoms with van der Waals surface area (Å²) in [5.41, 5.74) is 4.53. The van der Waals surface area contributed by atoms with Gasteiger partial charge in [-0.3, -0.25) is 9.35 Å². The summed E-state index contributed by atoms with van der Waals surface area (Å²) >= 11 is 0. The van der Waals surface area contributed by atoms with E-state index in [1.54, 1.807) is 6.07 Å². The highest BCUT2D eigenvalue weighted by Crippen LogP contribution is 2.44. The fraction of sp³-hybridized carbons (Fsp3) is 0.483. The molecule has 0 spiro atoms. The largest absolute Gasteiger partial charge is 0.373 e. The van der Waals surface area contributed by atoms with E-state index in [2.05, 4.69) is 46.3 Å². The van der Waals surface area contributed by atoms with Gasteiger partial charge < -0.3 is 19.5 Å². The van der Waals surface area contributed by atoms with Crippen molar-refractivity contribution in [2.75, 3.05) is 23.7 Å². The molecule has 2 aromatic heterocycles. The molecular formula is C29H36N4O6S. The Labute approximate surface area is 234 Å². The first-order valence-corrected chi connectivity index (χ1v) is 15.5. The van der Waals surface area contributed by atoms with Crippen LogP contribution in [0.15, 0.2) is 47.1 Å². The highest BCUT2D eigenvalue weighted by molar-refractivity contribution is 7.85. The van der Waals surface area contributed by atoms with Gasteiger partial charge in [-0.15, -0.1) is 0 Å². The van der Waals surface area contributed by atoms with Crippen molar-refractivity contribution in [3.8, 4) is 11.3 Å². The number of nitrogens with zero attached hydrogens (tertiary/aromatic N) is 3. The maximum Gasteiger partial charge on any atom is 0.266 e. The average Bonchev–Trinajstić information content (AvgIpc) is 3.70. The van der Waals surface area contributed by atoms with Crippen molar-refractivity contribution in [2.24, 2.45) is 0 Å². The Morgan fingerprint density at radius 2 is 2.00 bits per heavy atom. The Kier molecular flexibility index (Phi) is 8.53. The van der Waals surface area contributed by atoms with Crippen LogP contribution < -0.4 is 10.2 Å². The van der Waals surface area contributed by atoms with Gasteiger partial charge in [0.1, 0.15) is 17.3 Å². The van der Waals surface area contributed by atoms with Gasteiger partial charge in [-0.1, -0.05) is 36.3 Å². The van der Waals surface area contributed by atoms with E-state index in [-0.39, 0.29) is 18.7 Å². The smallest absolute Gasteiger partial charge is 0.266 e. The number of nitrogens with one attached hydrogen (secondary N) is 1. The molecule has 2 atom stereocenters. The molecule has 214 valence electrons. The van der Waals surface area contributed by atoms with Gasteiger partial charge in [0, 0.05) is 42.4 Å². The standard InChI is InChI=1S/C29H36N4O6S/c1-3-22-16-23(12-14-33(22)26-11-10-21(17-31-26)29(34)30-13-15-40(35,36)37)38-18-25-27(24-7-5-4-6-19(24)2)32-39-28(25)20-8-9-20/h4-7,10-11,17,20,22-23H,3,8-9,12-16,18H2,1-2H3,(H,30,34)(H,35,36,37)/t22-,23+/m0/s1. The topological polar surface area (TPSA) is 135 Å². The van der Waals surface area contributed by atoms with Crippen LogP contribution in [0, 0.1) is 6.92 Å². The number of anilines is 1. The zero-order chi connectivity index (χ0) is 28.3. The fourth-order valence-corrected chi connectivity index (χ4v) is 5.68. The number of carbonyl (C=O) groups is 1. The Morgan fingerprint density at radius 1 is 1.20 bits per heavy atom. The zero-order valence-corrected chi connectivity index (χ0v) is 23.7. The summed E-state index contributed by atoms with van der Waals surface area (Å²) in [6, 6.07) is 12.0. The first-order chi connectivity index (χ1) is 19.2. The minimum atomic E-state index is -4.13. The number of benzene rings is 1. The summed E-state index contributed by atoms with van der Waals surface area (Å²) < 4.78 is 42.9. The summed E-state index contributed by atoms with van der Waals surface area (Å²) in [5, 5.41) is 6.94. The number of carbonyl (C=O) groups excluding carboxylic acids is 1. The SMILES string of the molecule is CC[C@H]1C[C@H](OCc2c(-c3ccccc3C)noc2C2CC2)CCN1c1ccc(C(=O)NCCS(=O)(=O)O)cn1. The number of hydrogen-bond acceptors (Lipinski definition) is 8. The number of pyridine rings is 1. The maximum atomic E-state index is 12.3. The molecule has 3 heterocycles. The lowest BCUT2D eigenvalue weighted by molar-refractivity contribution is 0.0156. The summed E-state index contributed by atoms with van der Waals surface area (Å²) in [5.74, 6) is 1.22. The Hall–Kier alpha value is -3.28. The predicted molar refractivity (Wildman–Crippen MR) is 151 cm³/mol. The number of aromatic nitrogens is 2. The second-order valence-electron chi connectivity index (χ2n) is 10.6. The molecular weight excluding hydrogens is 532 g/mol. The molecule has 2 aliphatic rings. The third kappa shape index (κ3) is 6.71. The fourth-order valence-electron chi connectivity index (χ4n) is 5.32. The minimum absolute atomic E-state index is 0.0979. The van der Waals surface area contributed by atoms with Crippen LogP contribution in [0.3, 0.4) is 0 Å². The van der Waals surface area contributed by atoms with Gasteiger partial charge in [0.05, 0.1) is 24.0 Å². The van der Waals surface area contributed by atoms with Crippen LogP contribution in [0.25, 0.3) is 11.3 Å². The van der Waals surface area contributed by atoms with Gasteiger partial charge in [0.25, 0.3) is 16.0 Å². The minimum Gasteiger partial charge on any atom is -0.373 e. The van der Waals surface area contributed by atoms with Crippen molar-refractivity contribution in [2.45, 2.75) is 70.6 Å². The van der Waals surface area contributed by atoms with Crippen molar-refractivity contribution in [3.05, 3.63) is 65.0 Å². The van der Waals surface area contributed by atoms with E-state index in [4.69, 9.17) is 13.8 Å². The molecule has 1 amide bonds. The average molecular weight is 569 g/mol. The van der Waals surface area contributed by atoms with Crippen molar-refractivity contribution in [1.82, 2.24) is 15.5 Å². The van der Waals surface area contributed by atoms with Crippen LogP contribution in [-0.2, 0) is 21.5 Å².